The van der Waals surface area contributed by atoms with Crippen molar-refractivity contribution in [1.29, 1.82) is 0 Å². The SMILES string of the molecule is CCC(C)NC(=O)C(CC)N(Cc1cccc(C)c1)C(=O)CN(c1ccc2c(c1)OCO2)S(=O)(=O)CC. The number of rotatable bonds is 12. The van der Waals surface area contributed by atoms with E-state index in [2.05, 4.69) is 5.32 Å². The van der Waals surface area contributed by atoms with Crippen LogP contribution in [0.2, 0.25) is 0 Å². The van der Waals surface area contributed by atoms with Crippen LogP contribution in [0, 0.1) is 6.92 Å². The first-order valence-electron chi connectivity index (χ1n) is 12.6. The number of hydrogen-bond acceptors (Lipinski definition) is 6. The number of nitrogens with one attached hydrogen (secondary N) is 1. The lowest BCUT2D eigenvalue weighted by atomic mass is 10.1. The fourth-order valence-electron chi connectivity index (χ4n) is 4.13. The lowest BCUT2D eigenvalue weighted by Crippen LogP contribution is -2.53. The molecule has 9 nitrogen and oxygen atoms in total. The molecule has 2 unspecified atom stereocenters. The summed E-state index contributed by atoms with van der Waals surface area (Å²) in [6, 6.07) is 11.7. The van der Waals surface area contributed by atoms with E-state index >= 15 is 0 Å². The van der Waals surface area contributed by atoms with Gasteiger partial charge in [0.2, 0.25) is 28.6 Å². The van der Waals surface area contributed by atoms with Gasteiger partial charge in [-0.15, -0.1) is 0 Å². The third-order valence-corrected chi connectivity index (χ3v) is 8.19. The van der Waals surface area contributed by atoms with Crippen molar-refractivity contribution in [2.45, 2.75) is 66.1 Å². The van der Waals surface area contributed by atoms with Crippen molar-refractivity contribution in [3.05, 3.63) is 53.6 Å². The highest BCUT2D eigenvalue weighted by molar-refractivity contribution is 7.92. The highest BCUT2D eigenvalue weighted by Gasteiger charge is 2.33. The Balaban J connectivity index is 1.97. The van der Waals surface area contributed by atoms with Crippen molar-refractivity contribution in [1.82, 2.24) is 10.2 Å². The van der Waals surface area contributed by atoms with Crippen LogP contribution in [-0.2, 0) is 26.2 Å². The predicted octanol–water partition coefficient (Wildman–Crippen LogP) is 3.60. The number of sulfonamides is 1. The first-order valence-corrected chi connectivity index (χ1v) is 14.3. The molecule has 2 amide bonds. The summed E-state index contributed by atoms with van der Waals surface area (Å²) in [5.41, 5.74) is 2.18. The predicted molar refractivity (Wildman–Crippen MR) is 143 cm³/mol. The number of anilines is 1. The smallest absolute Gasteiger partial charge is 0.244 e. The second-order valence-corrected chi connectivity index (χ2v) is 11.4. The molecule has 2 atom stereocenters. The van der Waals surface area contributed by atoms with Gasteiger partial charge in [-0.1, -0.05) is 43.7 Å². The molecular weight excluding hydrogens is 494 g/mol. The molecule has 37 heavy (non-hydrogen) atoms. The largest absolute Gasteiger partial charge is 0.454 e. The van der Waals surface area contributed by atoms with Gasteiger partial charge in [0.05, 0.1) is 11.4 Å². The molecule has 3 rings (SSSR count). The third kappa shape index (κ3) is 6.94. The van der Waals surface area contributed by atoms with Crippen molar-refractivity contribution in [3.8, 4) is 11.5 Å². The summed E-state index contributed by atoms with van der Waals surface area (Å²) in [6.07, 6.45) is 1.13. The number of ether oxygens (including phenoxy) is 2. The quantitative estimate of drug-likeness (QED) is 0.449. The molecule has 0 aromatic heterocycles. The van der Waals surface area contributed by atoms with Gasteiger partial charge in [0.15, 0.2) is 11.5 Å². The van der Waals surface area contributed by atoms with Gasteiger partial charge in [0.1, 0.15) is 12.6 Å². The molecule has 1 N–H and O–H groups in total. The van der Waals surface area contributed by atoms with Crippen LogP contribution < -0.4 is 19.1 Å². The Morgan fingerprint density at radius 1 is 1.03 bits per heavy atom. The van der Waals surface area contributed by atoms with E-state index in [1.807, 2.05) is 52.0 Å². The maximum atomic E-state index is 13.9. The molecule has 2 aromatic rings. The zero-order chi connectivity index (χ0) is 27.2. The van der Waals surface area contributed by atoms with Crippen molar-refractivity contribution >= 4 is 27.5 Å². The second-order valence-electron chi connectivity index (χ2n) is 9.20. The van der Waals surface area contributed by atoms with Crippen LogP contribution in [0.4, 0.5) is 5.69 Å². The molecule has 0 radical (unpaired) electrons. The van der Waals surface area contributed by atoms with Crippen LogP contribution in [0.25, 0.3) is 0 Å². The third-order valence-electron chi connectivity index (χ3n) is 6.45. The number of aryl methyl sites for hydroxylation is 1. The van der Waals surface area contributed by atoms with Gasteiger partial charge in [-0.2, -0.15) is 0 Å². The number of benzene rings is 2. The van der Waals surface area contributed by atoms with E-state index in [9.17, 15) is 18.0 Å². The molecule has 0 bridgehead atoms. The van der Waals surface area contributed by atoms with Crippen LogP contribution in [0.15, 0.2) is 42.5 Å². The highest BCUT2D eigenvalue weighted by atomic mass is 32.2. The maximum absolute atomic E-state index is 13.9. The van der Waals surface area contributed by atoms with Gasteiger partial charge in [0.25, 0.3) is 0 Å². The molecule has 0 spiro atoms. The molecule has 0 fully saturated rings. The normalized spacial score (nSPS) is 14.1. The number of hydrogen-bond donors (Lipinski definition) is 1. The van der Waals surface area contributed by atoms with Crippen LogP contribution in [0.1, 0.15) is 51.7 Å². The average molecular weight is 532 g/mol. The van der Waals surface area contributed by atoms with Crippen LogP contribution >= 0.6 is 0 Å². The zero-order valence-corrected chi connectivity index (χ0v) is 23.0. The van der Waals surface area contributed by atoms with E-state index in [1.54, 1.807) is 18.2 Å². The van der Waals surface area contributed by atoms with Crippen molar-refractivity contribution in [3.63, 3.8) is 0 Å². The first-order chi connectivity index (χ1) is 17.6. The molecule has 202 valence electrons. The number of carbonyl (C=O) groups excluding carboxylic acids is 2. The topological polar surface area (TPSA) is 105 Å². The number of carbonyl (C=O) groups is 2. The fraction of sp³-hybridized carbons (Fsp3) is 0.481. The van der Waals surface area contributed by atoms with E-state index in [1.165, 1.54) is 11.8 Å². The van der Waals surface area contributed by atoms with Gasteiger partial charge in [-0.25, -0.2) is 8.42 Å². The molecular formula is C27H37N3O6S. The van der Waals surface area contributed by atoms with E-state index in [-0.39, 0.29) is 31.0 Å². The van der Waals surface area contributed by atoms with E-state index in [0.717, 1.165) is 21.9 Å². The second kappa shape index (κ2) is 12.3. The van der Waals surface area contributed by atoms with Gasteiger partial charge >= 0.3 is 0 Å². The van der Waals surface area contributed by atoms with E-state index < -0.39 is 28.5 Å². The molecule has 0 saturated heterocycles. The Morgan fingerprint density at radius 3 is 2.41 bits per heavy atom. The number of nitrogens with zero attached hydrogens (tertiary/aromatic N) is 2. The molecule has 0 saturated carbocycles. The van der Waals surface area contributed by atoms with E-state index in [4.69, 9.17) is 9.47 Å². The molecule has 2 aromatic carbocycles. The highest BCUT2D eigenvalue weighted by Crippen LogP contribution is 2.36. The van der Waals surface area contributed by atoms with Gasteiger partial charge in [-0.3, -0.25) is 13.9 Å². The monoisotopic (exact) mass is 531 g/mol. The molecule has 1 heterocycles. The Bertz CT molecular complexity index is 1220. The van der Waals surface area contributed by atoms with Crippen molar-refractivity contribution in [2.75, 3.05) is 23.4 Å². The molecule has 1 aliphatic heterocycles. The van der Waals surface area contributed by atoms with Crippen LogP contribution in [0.3, 0.4) is 0 Å². The summed E-state index contributed by atoms with van der Waals surface area (Å²) in [6.45, 7) is 8.98. The first kappa shape index (κ1) is 28.3. The van der Waals surface area contributed by atoms with E-state index in [0.29, 0.717) is 23.6 Å². The maximum Gasteiger partial charge on any atom is 0.244 e. The summed E-state index contributed by atoms with van der Waals surface area (Å²) < 4.78 is 38.1. The number of amides is 2. The summed E-state index contributed by atoms with van der Waals surface area (Å²) in [5, 5.41) is 2.97. The summed E-state index contributed by atoms with van der Waals surface area (Å²) in [7, 11) is -3.83. The minimum atomic E-state index is -3.83. The lowest BCUT2D eigenvalue weighted by Gasteiger charge is -2.33. The number of fused-ring (bicyclic) bond motifs is 1. The van der Waals surface area contributed by atoms with Gasteiger partial charge in [0, 0.05) is 18.7 Å². The summed E-state index contributed by atoms with van der Waals surface area (Å²) in [5.74, 6) is 0.00126. The minimum absolute atomic E-state index is 0.0476. The molecule has 1 aliphatic rings. The average Bonchev–Trinajstić information content (AvgIpc) is 3.34. The lowest BCUT2D eigenvalue weighted by molar-refractivity contribution is -0.140. The zero-order valence-electron chi connectivity index (χ0n) is 22.2. The summed E-state index contributed by atoms with van der Waals surface area (Å²) >= 11 is 0. The van der Waals surface area contributed by atoms with Crippen molar-refractivity contribution < 1.29 is 27.5 Å². The van der Waals surface area contributed by atoms with Gasteiger partial charge < -0.3 is 19.7 Å². The van der Waals surface area contributed by atoms with Crippen molar-refractivity contribution in [2.24, 2.45) is 0 Å². The van der Waals surface area contributed by atoms with Gasteiger partial charge in [-0.05, 0) is 51.3 Å². The van der Waals surface area contributed by atoms with Crippen LogP contribution in [-0.4, -0.2) is 56.3 Å². The Kier molecular flexibility index (Phi) is 9.42. The standard InChI is InChI=1S/C27H37N3O6S/c1-6-20(5)28-27(32)23(7-2)29(16-21-11-9-10-19(4)14-21)26(31)17-30(37(33,34)8-3)22-12-13-24-25(15-22)36-18-35-24/h9-15,20,23H,6-8,16-18H2,1-5H3,(H,28,32). The Morgan fingerprint density at radius 2 is 1.76 bits per heavy atom. The van der Waals surface area contributed by atoms with Crippen LogP contribution in [0.5, 0.6) is 11.5 Å². The molecule has 10 heteroatoms. The Labute approximate surface area is 219 Å². The Hall–Kier alpha value is -3.27. The fourth-order valence-corrected chi connectivity index (χ4v) is 5.18. The minimum Gasteiger partial charge on any atom is -0.454 e. The summed E-state index contributed by atoms with van der Waals surface area (Å²) in [4.78, 5) is 28.6. The molecule has 0 aliphatic carbocycles.